The Morgan fingerprint density at radius 3 is 2.67 bits per heavy atom. The number of nitrogens with zero attached hydrogens (tertiary/aromatic N) is 1. The average Bonchev–Trinajstić information content (AvgIpc) is 3.33. The fraction of sp³-hybridized carbons (Fsp3) is 0.600. The molecule has 8 heteroatoms. The molecular weight excluding hydrogens is 423 g/mol. The van der Waals surface area contributed by atoms with Crippen molar-refractivity contribution in [3.8, 4) is 0 Å². The number of H-pyrrole nitrogens is 1. The van der Waals surface area contributed by atoms with E-state index in [0.29, 0.717) is 25.8 Å². The Bertz CT molecular complexity index is 997. The average molecular weight is 461 g/mol. The van der Waals surface area contributed by atoms with Crippen LogP contribution >= 0.6 is 0 Å². The highest BCUT2D eigenvalue weighted by Crippen LogP contribution is 2.35. The molecule has 182 valence electrons. The van der Waals surface area contributed by atoms with Crippen LogP contribution < -0.4 is 10.6 Å². The van der Waals surface area contributed by atoms with Crippen molar-refractivity contribution < 1.29 is 18.7 Å². The maximum Gasteiger partial charge on any atom is 0.245 e. The minimum Gasteiger partial charge on any atom is -0.380 e. The van der Waals surface area contributed by atoms with Crippen LogP contribution in [0.1, 0.15) is 51.8 Å². The molecule has 1 fully saturated rings. The smallest absolute Gasteiger partial charge is 0.245 e. The molecule has 0 spiro atoms. The molecule has 1 aliphatic rings. The lowest BCUT2D eigenvalue weighted by molar-refractivity contribution is -0.137. The molecule has 3 rings (SSSR count). The molecule has 0 radical (unpaired) electrons. The highest BCUT2D eigenvalue weighted by Gasteiger charge is 2.39. The van der Waals surface area contributed by atoms with E-state index in [1.807, 2.05) is 17.9 Å². The molecule has 2 heterocycles. The number of nitrogens with one attached hydrogen (secondary N) is 3. The Morgan fingerprint density at radius 1 is 1.33 bits per heavy atom. The highest BCUT2D eigenvalue weighted by atomic mass is 19.1. The molecule has 0 saturated carbocycles. The highest BCUT2D eigenvalue weighted by molar-refractivity contribution is 5.89. The topological polar surface area (TPSA) is 86.5 Å². The Balaban J connectivity index is 1.93. The van der Waals surface area contributed by atoms with Gasteiger partial charge in [-0.1, -0.05) is 27.7 Å². The zero-order valence-corrected chi connectivity index (χ0v) is 20.5. The van der Waals surface area contributed by atoms with E-state index in [2.05, 4.69) is 36.4 Å². The molecule has 3 unspecified atom stereocenters. The first-order chi connectivity index (χ1) is 15.6. The van der Waals surface area contributed by atoms with Gasteiger partial charge in [0.05, 0.1) is 12.6 Å². The number of benzene rings is 1. The van der Waals surface area contributed by atoms with Gasteiger partial charge in [0.25, 0.3) is 0 Å². The maximum absolute atomic E-state index is 13.9. The molecular formula is C25H37FN4O3. The van der Waals surface area contributed by atoms with Crippen LogP contribution in [0.5, 0.6) is 0 Å². The number of carbonyl (C=O) groups excluding carboxylic acids is 2. The van der Waals surface area contributed by atoms with Crippen LogP contribution in [0.4, 0.5) is 4.39 Å². The molecule has 0 aliphatic carbocycles. The van der Waals surface area contributed by atoms with Gasteiger partial charge in [-0.3, -0.25) is 9.59 Å². The first kappa shape index (κ1) is 25.2. The van der Waals surface area contributed by atoms with E-state index in [1.54, 1.807) is 14.2 Å². The van der Waals surface area contributed by atoms with E-state index >= 15 is 0 Å². The number of fused-ring (bicyclic) bond motifs is 1. The second-order valence-corrected chi connectivity index (χ2v) is 9.92. The van der Waals surface area contributed by atoms with Crippen LogP contribution in [-0.2, 0) is 26.2 Å². The first-order valence-corrected chi connectivity index (χ1v) is 11.7. The van der Waals surface area contributed by atoms with Crippen molar-refractivity contribution in [1.29, 1.82) is 0 Å². The van der Waals surface area contributed by atoms with E-state index in [-0.39, 0.29) is 41.7 Å². The van der Waals surface area contributed by atoms with Gasteiger partial charge in [0.1, 0.15) is 11.9 Å². The third kappa shape index (κ3) is 5.55. The number of amides is 2. The second-order valence-electron chi connectivity index (χ2n) is 9.92. The number of hydrogen-bond acceptors (Lipinski definition) is 4. The van der Waals surface area contributed by atoms with Crippen LogP contribution in [0.2, 0.25) is 0 Å². The molecule has 7 nitrogen and oxygen atoms in total. The monoisotopic (exact) mass is 460 g/mol. The second kappa shape index (κ2) is 10.2. The fourth-order valence-corrected chi connectivity index (χ4v) is 4.77. The molecule has 1 aliphatic heterocycles. The zero-order valence-electron chi connectivity index (χ0n) is 20.5. The van der Waals surface area contributed by atoms with Crippen molar-refractivity contribution in [3.05, 3.63) is 35.3 Å². The number of ether oxygens (including phenoxy) is 1. The number of likely N-dealkylation sites (N-methyl/N-ethyl adjacent to an activating group) is 1. The largest absolute Gasteiger partial charge is 0.380 e. The Hall–Kier alpha value is -2.45. The molecule has 1 saturated heterocycles. The normalized spacial score (nSPS) is 19.8. The molecule has 3 atom stereocenters. The Labute approximate surface area is 195 Å². The minimum absolute atomic E-state index is 0.0646. The maximum atomic E-state index is 13.9. The van der Waals surface area contributed by atoms with Gasteiger partial charge in [0.2, 0.25) is 11.8 Å². The summed E-state index contributed by atoms with van der Waals surface area (Å²) in [5.74, 6) is -0.573. The van der Waals surface area contributed by atoms with E-state index in [4.69, 9.17) is 4.74 Å². The van der Waals surface area contributed by atoms with Crippen LogP contribution in [0.15, 0.2) is 18.2 Å². The van der Waals surface area contributed by atoms with Gasteiger partial charge in [-0.15, -0.1) is 0 Å². The van der Waals surface area contributed by atoms with Crippen LogP contribution in [0.25, 0.3) is 10.9 Å². The molecule has 2 amide bonds. The molecule has 0 bridgehead atoms. The predicted molar refractivity (Wildman–Crippen MR) is 128 cm³/mol. The lowest BCUT2D eigenvalue weighted by Gasteiger charge is -2.30. The number of hydrogen-bond donors (Lipinski definition) is 3. The molecule has 2 aromatic rings. The van der Waals surface area contributed by atoms with Gasteiger partial charge in [-0.25, -0.2) is 4.39 Å². The summed E-state index contributed by atoms with van der Waals surface area (Å²) < 4.78 is 19.5. The van der Waals surface area contributed by atoms with Crippen molar-refractivity contribution in [2.45, 2.75) is 70.6 Å². The van der Waals surface area contributed by atoms with E-state index in [9.17, 15) is 14.0 Å². The van der Waals surface area contributed by atoms with Gasteiger partial charge in [0.15, 0.2) is 0 Å². The lowest BCUT2D eigenvalue weighted by atomic mass is 9.86. The number of aromatic nitrogens is 1. The van der Waals surface area contributed by atoms with Gasteiger partial charge in [0, 0.05) is 41.7 Å². The van der Waals surface area contributed by atoms with Crippen LogP contribution in [-0.4, -0.2) is 67.1 Å². The molecule has 3 N–H and O–H groups in total. The number of rotatable bonds is 8. The number of carbonyl (C=O) groups is 2. The van der Waals surface area contributed by atoms with Crippen molar-refractivity contribution in [2.24, 2.45) is 0 Å². The van der Waals surface area contributed by atoms with E-state index < -0.39 is 6.04 Å². The third-order valence-electron chi connectivity index (χ3n) is 6.43. The van der Waals surface area contributed by atoms with E-state index in [1.165, 1.54) is 12.1 Å². The number of likely N-dealkylation sites (tertiary alicyclic amines) is 1. The molecule has 1 aromatic carbocycles. The summed E-state index contributed by atoms with van der Waals surface area (Å²) in [5.41, 5.74) is 2.74. The summed E-state index contributed by atoms with van der Waals surface area (Å²) >= 11 is 0. The predicted octanol–water partition coefficient (Wildman–Crippen LogP) is 2.88. The Morgan fingerprint density at radius 2 is 2.06 bits per heavy atom. The third-order valence-corrected chi connectivity index (χ3v) is 6.43. The SMILES string of the molecule is CCC(NC(=O)CNC)C(=O)N1CC(OC)CC1Cc1c(C(C)(C)C)[nH]c2cc(F)ccc12. The van der Waals surface area contributed by atoms with Gasteiger partial charge in [-0.2, -0.15) is 0 Å². The zero-order chi connectivity index (χ0) is 24.3. The fourth-order valence-electron chi connectivity index (χ4n) is 4.77. The lowest BCUT2D eigenvalue weighted by Crippen LogP contribution is -2.51. The number of methoxy groups -OCH3 is 1. The first-order valence-electron chi connectivity index (χ1n) is 11.7. The van der Waals surface area contributed by atoms with Gasteiger partial charge >= 0.3 is 0 Å². The quantitative estimate of drug-likeness (QED) is 0.565. The minimum atomic E-state index is -0.580. The van der Waals surface area contributed by atoms with Crippen molar-refractivity contribution >= 4 is 22.7 Å². The summed E-state index contributed by atoms with van der Waals surface area (Å²) in [6, 6.07) is 4.15. The van der Waals surface area contributed by atoms with Gasteiger partial charge < -0.3 is 25.3 Å². The molecule has 33 heavy (non-hydrogen) atoms. The number of halogens is 1. The van der Waals surface area contributed by atoms with Crippen molar-refractivity contribution in [2.75, 3.05) is 27.2 Å². The van der Waals surface area contributed by atoms with Crippen molar-refractivity contribution in [1.82, 2.24) is 20.5 Å². The van der Waals surface area contributed by atoms with Crippen LogP contribution in [0.3, 0.4) is 0 Å². The molecule has 1 aromatic heterocycles. The summed E-state index contributed by atoms with van der Waals surface area (Å²) in [5, 5.41) is 6.64. The summed E-state index contributed by atoms with van der Waals surface area (Å²) in [6.45, 7) is 8.91. The number of aromatic amines is 1. The summed E-state index contributed by atoms with van der Waals surface area (Å²) in [7, 11) is 3.36. The van der Waals surface area contributed by atoms with Crippen LogP contribution in [0, 0.1) is 5.82 Å². The summed E-state index contributed by atoms with van der Waals surface area (Å²) in [6.07, 6.45) is 1.78. The standard InChI is InChI=1S/C25H37FN4O3/c1-7-20(28-22(31)13-27-5)24(32)30-14-17(33-6)11-16(30)12-19-18-9-8-15(26)10-21(18)29-23(19)25(2,3)4/h8-10,16-17,20,27,29H,7,11-14H2,1-6H3,(H,28,31). The Kier molecular flexibility index (Phi) is 7.80. The summed E-state index contributed by atoms with van der Waals surface area (Å²) in [4.78, 5) is 30.9. The van der Waals surface area contributed by atoms with E-state index in [0.717, 1.165) is 22.2 Å². The van der Waals surface area contributed by atoms with Crippen molar-refractivity contribution in [3.63, 3.8) is 0 Å². The van der Waals surface area contributed by atoms with Gasteiger partial charge in [-0.05, 0) is 50.1 Å².